The van der Waals surface area contributed by atoms with Crippen LogP contribution in [0.25, 0.3) is 20.2 Å². The van der Waals surface area contributed by atoms with Gasteiger partial charge in [-0.15, -0.1) is 11.3 Å². The number of hydrogen-bond donors (Lipinski definition) is 0. The van der Waals surface area contributed by atoms with E-state index in [9.17, 15) is 0 Å². The lowest BCUT2D eigenvalue weighted by atomic mass is 9.81. The van der Waals surface area contributed by atoms with Crippen LogP contribution in [0.2, 0.25) is 0 Å². The fourth-order valence-electron chi connectivity index (χ4n) is 2.60. The minimum absolute atomic E-state index is 0.215. The predicted octanol–water partition coefficient (Wildman–Crippen LogP) is 5.66. The molecule has 0 fully saturated rings. The lowest BCUT2D eigenvalue weighted by molar-refractivity contribution is 0.592. The average molecular weight is 257 g/mol. The molecule has 1 aromatic heterocycles. The fraction of sp³-hybridized carbons (Fsp3) is 0.294. The summed E-state index contributed by atoms with van der Waals surface area (Å²) in [5.74, 6) is 0. The second-order valence-corrected chi connectivity index (χ2v) is 6.79. The molecule has 92 valence electrons. The summed E-state index contributed by atoms with van der Waals surface area (Å²) in [6, 6.07) is 12.0. The Bertz CT molecular complexity index is 820. The van der Waals surface area contributed by atoms with Crippen molar-refractivity contribution in [2.24, 2.45) is 0 Å². The Balaban J connectivity index is 2.55. The maximum atomic E-state index is 7.87. The van der Waals surface area contributed by atoms with Crippen molar-refractivity contribution in [2.75, 3.05) is 0 Å². The van der Waals surface area contributed by atoms with E-state index in [-0.39, 0.29) is 5.41 Å². The van der Waals surface area contributed by atoms with Crippen molar-refractivity contribution >= 4 is 31.5 Å². The van der Waals surface area contributed by atoms with Crippen molar-refractivity contribution in [1.29, 1.82) is 0 Å². The number of hydrogen-bond acceptors (Lipinski definition) is 1. The van der Waals surface area contributed by atoms with Crippen molar-refractivity contribution in [3.63, 3.8) is 0 Å². The highest BCUT2D eigenvalue weighted by Gasteiger charge is 2.21. The van der Waals surface area contributed by atoms with Crippen molar-refractivity contribution in [3.05, 3.63) is 47.5 Å². The van der Waals surface area contributed by atoms with Crippen molar-refractivity contribution in [3.8, 4) is 0 Å². The van der Waals surface area contributed by atoms with E-state index in [1.807, 2.05) is 18.2 Å². The van der Waals surface area contributed by atoms with E-state index in [1.165, 1.54) is 4.70 Å². The monoisotopic (exact) mass is 257 g/mol. The van der Waals surface area contributed by atoms with E-state index in [0.717, 1.165) is 21.0 Å². The van der Waals surface area contributed by atoms with Gasteiger partial charge in [-0.2, -0.15) is 0 Å². The summed E-state index contributed by atoms with van der Waals surface area (Å²) in [6.07, 6.45) is 0. The van der Waals surface area contributed by atoms with Crippen LogP contribution in [0.5, 0.6) is 0 Å². The normalized spacial score (nSPS) is 15.6. The number of aryl methyl sites for hydroxylation is 1. The van der Waals surface area contributed by atoms with Gasteiger partial charge in [-0.3, -0.25) is 0 Å². The highest BCUT2D eigenvalue weighted by molar-refractivity contribution is 7.25. The van der Waals surface area contributed by atoms with Crippen LogP contribution in [-0.4, -0.2) is 0 Å². The molecule has 1 heteroatoms. The first kappa shape index (κ1) is 8.71. The third kappa shape index (κ3) is 1.65. The Morgan fingerprint density at radius 3 is 2.50 bits per heavy atom. The molecule has 0 spiro atoms. The van der Waals surface area contributed by atoms with Crippen molar-refractivity contribution in [1.82, 2.24) is 0 Å². The average Bonchev–Trinajstić information content (AvgIpc) is 2.73. The molecule has 0 aliphatic carbocycles. The van der Waals surface area contributed by atoms with E-state index in [1.54, 1.807) is 17.4 Å². The fourth-order valence-corrected chi connectivity index (χ4v) is 3.71. The summed E-state index contributed by atoms with van der Waals surface area (Å²) >= 11 is 1.73. The molecule has 3 aromatic rings. The van der Waals surface area contributed by atoms with Crippen LogP contribution >= 0.6 is 11.3 Å². The molecular weight excluding hydrogens is 236 g/mol. The first-order valence-electron chi connectivity index (χ1n) is 7.65. The second kappa shape index (κ2) is 3.83. The van der Waals surface area contributed by atoms with Gasteiger partial charge in [0.05, 0.1) is 0 Å². The number of thiophene rings is 1. The van der Waals surface area contributed by atoms with Gasteiger partial charge in [0.25, 0.3) is 0 Å². The molecule has 0 amide bonds. The first-order valence-corrected chi connectivity index (χ1v) is 6.96. The molecule has 0 N–H and O–H groups in total. The highest BCUT2D eigenvalue weighted by atomic mass is 32.1. The van der Waals surface area contributed by atoms with Gasteiger partial charge in [0, 0.05) is 24.3 Å². The Morgan fingerprint density at radius 1 is 1.00 bits per heavy atom. The summed E-state index contributed by atoms with van der Waals surface area (Å²) in [5, 5.41) is 2.27. The summed E-state index contributed by atoms with van der Waals surface area (Å²) in [4.78, 5) is 0. The maximum Gasteiger partial charge on any atom is 0.0358 e. The third-order valence-corrected chi connectivity index (χ3v) is 4.43. The standard InChI is InChI=1S/C17H18S/c1-11-9-10-14-15(16(11)17(2,3)4)12-7-5-6-8-13(12)18-14/h5-10H,1-4H3/i1D3. The third-order valence-electron chi connectivity index (χ3n) is 3.29. The molecule has 0 aliphatic rings. The molecule has 0 aliphatic heterocycles. The van der Waals surface area contributed by atoms with E-state index in [2.05, 4.69) is 32.9 Å². The van der Waals surface area contributed by atoms with E-state index < -0.39 is 6.85 Å². The summed E-state index contributed by atoms with van der Waals surface area (Å²) in [5.41, 5.74) is 1.22. The van der Waals surface area contributed by atoms with Crippen LogP contribution in [0.3, 0.4) is 0 Å². The van der Waals surface area contributed by atoms with E-state index in [0.29, 0.717) is 5.56 Å². The summed E-state index contributed by atoms with van der Waals surface area (Å²) < 4.78 is 26.0. The van der Waals surface area contributed by atoms with Gasteiger partial charge in [-0.05, 0) is 35.5 Å². The number of benzene rings is 2. The molecule has 18 heavy (non-hydrogen) atoms. The van der Waals surface area contributed by atoms with Crippen LogP contribution in [0.4, 0.5) is 0 Å². The SMILES string of the molecule is [2H]C([2H])([2H])c1ccc2sc3ccccc3c2c1C(C)(C)C. The molecule has 0 bridgehead atoms. The molecule has 0 saturated carbocycles. The molecule has 3 rings (SSSR count). The zero-order valence-electron chi connectivity index (χ0n) is 13.9. The molecule has 1 heterocycles. The van der Waals surface area contributed by atoms with Crippen LogP contribution in [0, 0.1) is 6.85 Å². The minimum atomic E-state index is -2.08. The van der Waals surface area contributed by atoms with Crippen molar-refractivity contribution < 1.29 is 4.11 Å². The van der Waals surface area contributed by atoms with Gasteiger partial charge in [0.15, 0.2) is 0 Å². The Morgan fingerprint density at radius 2 is 1.78 bits per heavy atom. The summed E-state index contributed by atoms with van der Waals surface area (Å²) in [7, 11) is 0. The van der Waals surface area contributed by atoms with Crippen LogP contribution in [-0.2, 0) is 5.41 Å². The zero-order valence-corrected chi connectivity index (χ0v) is 11.7. The number of fused-ring (bicyclic) bond motifs is 3. The zero-order chi connectivity index (χ0) is 15.4. The molecule has 0 saturated heterocycles. The first-order chi connectivity index (χ1) is 9.69. The largest absolute Gasteiger partial charge is 0.135 e. The van der Waals surface area contributed by atoms with E-state index in [4.69, 9.17) is 4.11 Å². The smallest absolute Gasteiger partial charge is 0.0358 e. The molecular formula is C17H18S. The second-order valence-electron chi connectivity index (χ2n) is 5.71. The minimum Gasteiger partial charge on any atom is -0.135 e. The van der Waals surface area contributed by atoms with Gasteiger partial charge >= 0.3 is 0 Å². The van der Waals surface area contributed by atoms with Gasteiger partial charge in [0.1, 0.15) is 0 Å². The predicted molar refractivity (Wildman–Crippen MR) is 82.8 cm³/mol. The molecule has 0 nitrogen and oxygen atoms in total. The number of rotatable bonds is 0. The molecule has 0 unspecified atom stereocenters. The Kier molecular flexibility index (Phi) is 1.85. The molecule has 0 atom stereocenters. The van der Waals surface area contributed by atoms with Crippen molar-refractivity contribution in [2.45, 2.75) is 33.0 Å². The quantitative estimate of drug-likeness (QED) is 0.487. The molecule has 2 aromatic carbocycles. The summed E-state index contributed by atoms with van der Waals surface area (Å²) in [6.45, 7) is 4.18. The van der Waals surface area contributed by atoms with Gasteiger partial charge < -0.3 is 0 Å². The van der Waals surface area contributed by atoms with Gasteiger partial charge in [0.2, 0.25) is 0 Å². The van der Waals surface area contributed by atoms with Crippen LogP contribution in [0.15, 0.2) is 36.4 Å². The lowest BCUT2D eigenvalue weighted by Crippen LogP contribution is -2.13. The highest BCUT2D eigenvalue weighted by Crippen LogP contribution is 2.41. The topological polar surface area (TPSA) is 0 Å². The maximum absolute atomic E-state index is 7.87. The Labute approximate surface area is 116 Å². The van der Waals surface area contributed by atoms with Crippen LogP contribution in [0.1, 0.15) is 36.0 Å². The van der Waals surface area contributed by atoms with Crippen LogP contribution < -0.4 is 0 Å². The van der Waals surface area contributed by atoms with E-state index >= 15 is 0 Å². The van der Waals surface area contributed by atoms with Gasteiger partial charge in [-0.25, -0.2) is 0 Å². The lowest BCUT2D eigenvalue weighted by Gasteiger charge is -2.23. The van der Waals surface area contributed by atoms with Gasteiger partial charge in [-0.1, -0.05) is 45.0 Å². The molecule has 0 radical (unpaired) electrons. The Hall–Kier alpha value is -1.34.